The number of benzene rings is 1. The first-order valence-corrected chi connectivity index (χ1v) is 8.97. The number of aromatic nitrogens is 2. The Morgan fingerprint density at radius 3 is 2.38 bits per heavy atom. The smallest absolute Gasteiger partial charge is 0.152 e. The molecule has 1 aliphatic rings. The second-order valence-electron chi connectivity index (χ2n) is 6.58. The van der Waals surface area contributed by atoms with Crippen LogP contribution in [-0.2, 0) is 12.8 Å². The van der Waals surface area contributed by atoms with E-state index in [1.165, 1.54) is 22.3 Å². The van der Waals surface area contributed by atoms with Gasteiger partial charge in [0.15, 0.2) is 5.76 Å². The molecule has 1 aromatic carbocycles. The summed E-state index contributed by atoms with van der Waals surface area (Å²) in [7, 11) is 0. The van der Waals surface area contributed by atoms with Crippen molar-refractivity contribution in [2.24, 2.45) is 0 Å². The van der Waals surface area contributed by atoms with E-state index in [0.717, 1.165) is 42.0 Å². The number of hydrogen-bond acceptors (Lipinski definition) is 3. The van der Waals surface area contributed by atoms with Crippen molar-refractivity contribution in [3.8, 4) is 33.8 Å². The standard InChI is InChI=1S/C23H18N2O/c1-2-7-16(8-3-1)21-18-10-4-11-19(18)22(17-9-5-13-24-15-17)25-23(21)20-12-6-14-26-20/h1-3,5-9,12-15H,4,10-11H2. The molecule has 5 rings (SSSR count). The van der Waals surface area contributed by atoms with Crippen LogP contribution in [0.4, 0.5) is 0 Å². The van der Waals surface area contributed by atoms with Crippen molar-refractivity contribution in [3.63, 3.8) is 0 Å². The molecule has 0 atom stereocenters. The van der Waals surface area contributed by atoms with Gasteiger partial charge in [0.25, 0.3) is 0 Å². The van der Waals surface area contributed by atoms with E-state index in [0.29, 0.717) is 0 Å². The normalized spacial score (nSPS) is 12.9. The second-order valence-corrected chi connectivity index (χ2v) is 6.58. The van der Waals surface area contributed by atoms with Crippen LogP contribution in [0.15, 0.2) is 77.7 Å². The Balaban J connectivity index is 1.85. The minimum Gasteiger partial charge on any atom is -0.463 e. The van der Waals surface area contributed by atoms with Crippen LogP contribution in [0.5, 0.6) is 0 Å². The average Bonchev–Trinajstić information content (AvgIpc) is 3.40. The Kier molecular flexibility index (Phi) is 3.64. The molecule has 0 radical (unpaired) electrons. The minimum absolute atomic E-state index is 0.809. The predicted octanol–water partition coefficient (Wildman–Crippen LogP) is 5.56. The van der Waals surface area contributed by atoms with Gasteiger partial charge in [0.05, 0.1) is 12.0 Å². The highest BCUT2D eigenvalue weighted by atomic mass is 16.3. The molecule has 26 heavy (non-hydrogen) atoms. The molecule has 3 aromatic heterocycles. The molecule has 1 aliphatic carbocycles. The van der Waals surface area contributed by atoms with E-state index >= 15 is 0 Å². The zero-order chi connectivity index (χ0) is 17.3. The molecule has 0 bridgehead atoms. The maximum absolute atomic E-state index is 5.75. The van der Waals surface area contributed by atoms with Crippen molar-refractivity contribution in [3.05, 3.63) is 84.4 Å². The highest BCUT2D eigenvalue weighted by Gasteiger charge is 2.26. The molecule has 3 nitrogen and oxygen atoms in total. The highest BCUT2D eigenvalue weighted by Crippen LogP contribution is 2.42. The van der Waals surface area contributed by atoms with Gasteiger partial charge in [-0.25, -0.2) is 4.98 Å². The summed E-state index contributed by atoms with van der Waals surface area (Å²) in [5.41, 5.74) is 8.18. The summed E-state index contributed by atoms with van der Waals surface area (Å²) in [6, 6.07) is 18.5. The maximum Gasteiger partial charge on any atom is 0.152 e. The molecule has 3 heterocycles. The van der Waals surface area contributed by atoms with Gasteiger partial charge >= 0.3 is 0 Å². The number of fused-ring (bicyclic) bond motifs is 1. The van der Waals surface area contributed by atoms with E-state index in [-0.39, 0.29) is 0 Å². The Bertz CT molecular complexity index is 1040. The topological polar surface area (TPSA) is 38.9 Å². The van der Waals surface area contributed by atoms with Crippen molar-refractivity contribution >= 4 is 0 Å². The number of rotatable bonds is 3. The van der Waals surface area contributed by atoms with E-state index in [2.05, 4.69) is 35.3 Å². The van der Waals surface area contributed by atoms with Gasteiger partial charge in [-0.3, -0.25) is 4.98 Å². The lowest BCUT2D eigenvalue weighted by atomic mass is 9.92. The number of furan rings is 1. The molecule has 0 saturated heterocycles. The van der Waals surface area contributed by atoms with Gasteiger partial charge in [-0.15, -0.1) is 0 Å². The van der Waals surface area contributed by atoms with E-state index in [9.17, 15) is 0 Å². The summed E-state index contributed by atoms with van der Waals surface area (Å²) in [5.74, 6) is 0.809. The lowest BCUT2D eigenvalue weighted by Gasteiger charge is -2.17. The molecule has 4 aromatic rings. The van der Waals surface area contributed by atoms with Crippen LogP contribution in [0.3, 0.4) is 0 Å². The molecule has 126 valence electrons. The van der Waals surface area contributed by atoms with E-state index in [4.69, 9.17) is 9.40 Å². The largest absolute Gasteiger partial charge is 0.463 e. The molecule has 0 saturated carbocycles. The van der Waals surface area contributed by atoms with E-state index in [1.807, 2.05) is 30.5 Å². The third-order valence-electron chi connectivity index (χ3n) is 5.02. The van der Waals surface area contributed by atoms with Gasteiger partial charge in [0, 0.05) is 23.5 Å². The average molecular weight is 338 g/mol. The van der Waals surface area contributed by atoms with Gasteiger partial charge in [-0.2, -0.15) is 0 Å². The number of nitrogens with zero attached hydrogens (tertiary/aromatic N) is 2. The molecular formula is C23H18N2O. The lowest BCUT2D eigenvalue weighted by Crippen LogP contribution is -2.00. The first kappa shape index (κ1) is 15.1. The Morgan fingerprint density at radius 1 is 0.769 bits per heavy atom. The Morgan fingerprint density at radius 2 is 1.62 bits per heavy atom. The summed E-state index contributed by atoms with van der Waals surface area (Å²) in [5, 5.41) is 0. The van der Waals surface area contributed by atoms with Crippen LogP contribution in [0.2, 0.25) is 0 Å². The molecule has 3 heteroatoms. The summed E-state index contributed by atoms with van der Waals surface area (Å²) in [6.45, 7) is 0. The van der Waals surface area contributed by atoms with Gasteiger partial charge < -0.3 is 4.42 Å². The fourth-order valence-electron chi connectivity index (χ4n) is 3.91. The zero-order valence-corrected chi connectivity index (χ0v) is 14.4. The molecule has 0 spiro atoms. The highest BCUT2D eigenvalue weighted by molar-refractivity contribution is 5.86. The summed E-state index contributed by atoms with van der Waals surface area (Å²) >= 11 is 0. The van der Waals surface area contributed by atoms with Gasteiger partial charge in [0.1, 0.15) is 5.69 Å². The fraction of sp³-hybridized carbons (Fsp3) is 0.130. The fourth-order valence-corrected chi connectivity index (χ4v) is 3.91. The first-order valence-electron chi connectivity index (χ1n) is 8.97. The van der Waals surface area contributed by atoms with Crippen molar-refractivity contribution in [1.29, 1.82) is 0 Å². The molecule has 0 N–H and O–H groups in total. The third kappa shape index (κ3) is 2.44. The summed E-state index contributed by atoms with van der Waals surface area (Å²) in [6.07, 6.45) is 8.70. The van der Waals surface area contributed by atoms with Gasteiger partial charge in [-0.05, 0) is 60.2 Å². The van der Waals surface area contributed by atoms with Crippen molar-refractivity contribution in [2.45, 2.75) is 19.3 Å². The van der Waals surface area contributed by atoms with Crippen molar-refractivity contribution < 1.29 is 4.42 Å². The summed E-state index contributed by atoms with van der Waals surface area (Å²) in [4.78, 5) is 9.40. The number of pyridine rings is 2. The van der Waals surface area contributed by atoms with E-state index in [1.54, 1.807) is 12.5 Å². The Hall–Kier alpha value is -3.20. The molecule has 0 fully saturated rings. The van der Waals surface area contributed by atoms with Crippen LogP contribution in [0.1, 0.15) is 17.5 Å². The van der Waals surface area contributed by atoms with Gasteiger partial charge in [0.2, 0.25) is 0 Å². The third-order valence-corrected chi connectivity index (χ3v) is 5.02. The quantitative estimate of drug-likeness (QED) is 0.491. The van der Waals surface area contributed by atoms with Gasteiger partial charge in [-0.1, -0.05) is 30.3 Å². The predicted molar refractivity (Wildman–Crippen MR) is 103 cm³/mol. The molecular weight excluding hydrogens is 320 g/mol. The Labute approximate surface area is 152 Å². The first-order chi connectivity index (χ1) is 12.9. The van der Waals surface area contributed by atoms with Crippen molar-refractivity contribution in [1.82, 2.24) is 9.97 Å². The minimum atomic E-state index is 0.809. The second kappa shape index (κ2) is 6.26. The molecule has 0 aliphatic heterocycles. The monoisotopic (exact) mass is 338 g/mol. The lowest BCUT2D eigenvalue weighted by molar-refractivity contribution is 0.580. The number of hydrogen-bond donors (Lipinski definition) is 0. The van der Waals surface area contributed by atoms with Crippen molar-refractivity contribution in [2.75, 3.05) is 0 Å². The zero-order valence-electron chi connectivity index (χ0n) is 14.4. The summed E-state index contributed by atoms with van der Waals surface area (Å²) < 4.78 is 5.75. The van der Waals surface area contributed by atoms with Crippen LogP contribution < -0.4 is 0 Å². The molecule has 0 amide bonds. The van der Waals surface area contributed by atoms with E-state index < -0.39 is 0 Å². The van der Waals surface area contributed by atoms with Crippen LogP contribution >= 0.6 is 0 Å². The molecule has 0 unspecified atom stereocenters. The van der Waals surface area contributed by atoms with Crippen LogP contribution in [0.25, 0.3) is 33.8 Å². The maximum atomic E-state index is 5.75. The van der Waals surface area contributed by atoms with Crippen LogP contribution in [0, 0.1) is 0 Å². The van der Waals surface area contributed by atoms with Crippen LogP contribution in [-0.4, -0.2) is 9.97 Å². The SMILES string of the molecule is c1ccc(-c2c(-c3ccco3)nc(-c3cccnc3)c3c2CCC3)cc1.